The molecule has 2 aromatic carbocycles. The second-order valence-corrected chi connectivity index (χ2v) is 12.2. The van der Waals surface area contributed by atoms with Gasteiger partial charge in [0.15, 0.2) is 0 Å². The minimum absolute atomic E-state index is 0.0198. The number of hydrogen-bond acceptors (Lipinski definition) is 5. The third kappa shape index (κ3) is 5.88. The van der Waals surface area contributed by atoms with Crippen LogP contribution in [0.15, 0.2) is 54.7 Å². The Hall–Kier alpha value is -3.84. The van der Waals surface area contributed by atoms with Crippen molar-refractivity contribution in [3.8, 4) is 28.1 Å². The van der Waals surface area contributed by atoms with Crippen LogP contribution in [0.25, 0.3) is 27.9 Å². The zero-order valence-electron chi connectivity index (χ0n) is 25.0. The Bertz CT molecular complexity index is 1600. The van der Waals surface area contributed by atoms with E-state index in [0.717, 1.165) is 109 Å². The second-order valence-electron chi connectivity index (χ2n) is 12.2. The number of carboxylic acid groups (broad SMARTS) is 1. The van der Waals surface area contributed by atoms with Crippen molar-refractivity contribution in [2.24, 2.45) is 0 Å². The first kappa shape index (κ1) is 28.3. The highest BCUT2D eigenvalue weighted by Gasteiger charge is 2.33. The maximum Gasteiger partial charge on any atom is 0.307 e. The Morgan fingerprint density at radius 1 is 0.976 bits per heavy atom. The topological polar surface area (TPSA) is 76.3 Å². The summed E-state index contributed by atoms with van der Waals surface area (Å²) in [6, 6.07) is 17.0. The molecule has 7 nitrogen and oxygen atoms in total. The van der Waals surface area contributed by atoms with Gasteiger partial charge in [0.1, 0.15) is 5.75 Å². The number of hydrogen-bond donors (Lipinski definition) is 1. The lowest BCUT2D eigenvalue weighted by Gasteiger charge is -2.41. The highest BCUT2D eigenvalue weighted by molar-refractivity contribution is 5.86. The number of rotatable bonds is 2. The molecular weight excluding hydrogens is 526 g/mol. The summed E-state index contributed by atoms with van der Waals surface area (Å²) < 4.78 is 14.7. The molecule has 6 bridgehead atoms. The maximum absolute atomic E-state index is 12.0. The Kier molecular flexibility index (Phi) is 7.95. The number of anilines is 1. The summed E-state index contributed by atoms with van der Waals surface area (Å²) in [5.74, 6) is 0.0744. The monoisotopic (exact) mass is 567 g/mol. The number of benzene rings is 2. The van der Waals surface area contributed by atoms with Gasteiger partial charge >= 0.3 is 5.97 Å². The van der Waals surface area contributed by atoms with E-state index in [1.54, 1.807) is 0 Å². The standard InChI is InChI=1S/C35H41N3O4/c1-24-11-12-32-29(19-24)26-9-8-10-27(20-26)30-22-31-34(28(21-33(39)40)25(2)23-38(31)36-30)37-15-13-35(3,14-16-37)42-18-7-5-4-6-17-41-32/h8-12,19-20,22-23H,4-7,13-18,21H2,1-3H3,(H,39,40). The van der Waals surface area contributed by atoms with Crippen LogP contribution in [-0.4, -0.2) is 52.6 Å². The summed E-state index contributed by atoms with van der Waals surface area (Å²) in [5, 5.41) is 14.8. The van der Waals surface area contributed by atoms with Crippen molar-refractivity contribution in [3.63, 3.8) is 0 Å². The van der Waals surface area contributed by atoms with Crippen LogP contribution >= 0.6 is 0 Å². The number of carbonyl (C=O) groups is 1. The van der Waals surface area contributed by atoms with Gasteiger partial charge in [-0.05, 0) is 93.8 Å². The molecule has 2 aromatic heterocycles. The third-order valence-corrected chi connectivity index (χ3v) is 8.87. The van der Waals surface area contributed by atoms with E-state index in [1.165, 1.54) is 5.56 Å². The summed E-state index contributed by atoms with van der Waals surface area (Å²) in [7, 11) is 0. The lowest BCUT2D eigenvalue weighted by molar-refractivity contribution is -0.136. The van der Waals surface area contributed by atoms with Crippen molar-refractivity contribution in [2.45, 2.75) is 71.3 Å². The maximum atomic E-state index is 12.0. The van der Waals surface area contributed by atoms with Crippen molar-refractivity contribution < 1.29 is 19.4 Å². The van der Waals surface area contributed by atoms with E-state index >= 15 is 0 Å². The molecule has 0 aliphatic carbocycles. The summed E-state index contributed by atoms with van der Waals surface area (Å²) in [6.07, 6.45) is 8.03. The first-order chi connectivity index (χ1) is 20.3. The zero-order chi connectivity index (χ0) is 29.3. The minimum Gasteiger partial charge on any atom is -0.493 e. The fourth-order valence-electron chi connectivity index (χ4n) is 6.39. The van der Waals surface area contributed by atoms with Gasteiger partial charge in [-0.3, -0.25) is 4.79 Å². The molecule has 4 aromatic rings. The van der Waals surface area contributed by atoms with Gasteiger partial charge in [0.05, 0.1) is 35.5 Å². The van der Waals surface area contributed by atoms with E-state index in [0.29, 0.717) is 6.61 Å². The summed E-state index contributed by atoms with van der Waals surface area (Å²) in [4.78, 5) is 14.3. The van der Waals surface area contributed by atoms with Crippen molar-refractivity contribution in [2.75, 3.05) is 31.2 Å². The molecule has 3 aliphatic heterocycles. The average Bonchev–Trinajstić information content (AvgIpc) is 3.39. The van der Waals surface area contributed by atoms with Crippen LogP contribution in [-0.2, 0) is 16.0 Å². The molecule has 1 N–H and O–H groups in total. The molecule has 1 fully saturated rings. The Labute approximate surface area is 248 Å². The van der Waals surface area contributed by atoms with Gasteiger partial charge in [-0.2, -0.15) is 5.10 Å². The number of fused-ring (bicyclic) bond motifs is 9. The average molecular weight is 568 g/mol. The van der Waals surface area contributed by atoms with Crippen molar-refractivity contribution in [1.29, 1.82) is 0 Å². The summed E-state index contributed by atoms with van der Waals surface area (Å²) >= 11 is 0. The van der Waals surface area contributed by atoms with Gasteiger partial charge in [-0.15, -0.1) is 0 Å². The van der Waals surface area contributed by atoms with Crippen LogP contribution in [0.1, 0.15) is 62.1 Å². The van der Waals surface area contributed by atoms with Crippen LogP contribution < -0.4 is 9.64 Å². The molecule has 1 saturated heterocycles. The molecule has 0 unspecified atom stereocenters. The van der Waals surface area contributed by atoms with Gasteiger partial charge in [0, 0.05) is 37.0 Å². The molecule has 0 radical (unpaired) electrons. The lowest BCUT2D eigenvalue weighted by atomic mass is 9.92. The highest BCUT2D eigenvalue weighted by Crippen LogP contribution is 2.38. The molecule has 0 spiro atoms. The van der Waals surface area contributed by atoms with E-state index < -0.39 is 5.97 Å². The van der Waals surface area contributed by atoms with Gasteiger partial charge < -0.3 is 19.5 Å². The highest BCUT2D eigenvalue weighted by atomic mass is 16.5. The number of aromatic nitrogens is 2. The summed E-state index contributed by atoms with van der Waals surface area (Å²) in [5.41, 5.74) is 8.77. The number of ether oxygens (including phenoxy) is 2. The molecule has 7 rings (SSSR count). The first-order valence-electron chi connectivity index (χ1n) is 15.3. The third-order valence-electron chi connectivity index (χ3n) is 8.87. The Morgan fingerprint density at radius 2 is 1.74 bits per heavy atom. The molecule has 7 heteroatoms. The van der Waals surface area contributed by atoms with Crippen LogP contribution in [0, 0.1) is 13.8 Å². The fraction of sp³-hybridized carbons (Fsp3) is 0.429. The normalized spacial score (nSPS) is 17.5. The van der Waals surface area contributed by atoms with Crippen LogP contribution in [0.4, 0.5) is 5.69 Å². The Balaban J connectivity index is 1.47. The second kappa shape index (κ2) is 11.8. The smallest absolute Gasteiger partial charge is 0.307 e. The van der Waals surface area contributed by atoms with Crippen molar-refractivity contribution in [1.82, 2.24) is 9.61 Å². The molecule has 3 aliphatic rings. The molecule has 0 amide bonds. The predicted molar refractivity (Wildman–Crippen MR) is 167 cm³/mol. The quantitative estimate of drug-likeness (QED) is 0.275. The molecule has 42 heavy (non-hydrogen) atoms. The van der Waals surface area contributed by atoms with Gasteiger partial charge in [0.25, 0.3) is 0 Å². The molecule has 0 saturated carbocycles. The molecular formula is C35H41N3O4. The van der Waals surface area contributed by atoms with E-state index in [4.69, 9.17) is 14.6 Å². The van der Waals surface area contributed by atoms with Crippen LogP contribution in [0.5, 0.6) is 5.75 Å². The number of piperidine rings is 1. The number of aryl methyl sites for hydroxylation is 2. The van der Waals surface area contributed by atoms with E-state index in [-0.39, 0.29) is 12.0 Å². The number of carboxylic acids is 1. The number of aliphatic carboxylic acids is 1. The first-order valence-corrected chi connectivity index (χ1v) is 15.3. The van der Waals surface area contributed by atoms with Gasteiger partial charge in [-0.1, -0.05) is 36.2 Å². The molecule has 5 heterocycles. The van der Waals surface area contributed by atoms with E-state index in [9.17, 15) is 9.90 Å². The van der Waals surface area contributed by atoms with Crippen LogP contribution in [0.2, 0.25) is 0 Å². The van der Waals surface area contributed by atoms with Gasteiger partial charge in [-0.25, -0.2) is 4.52 Å². The lowest BCUT2D eigenvalue weighted by Crippen LogP contribution is -2.45. The minimum atomic E-state index is -0.824. The van der Waals surface area contributed by atoms with E-state index in [2.05, 4.69) is 67.3 Å². The fourth-order valence-corrected chi connectivity index (χ4v) is 6.39. The summed E-state index contributed by atoms with van der Waals surface area (Å²) in [6.45, 7) is 9.40. The number of nitrogens with zero attached hydrogens (tertiary/aromatic N) is 3. The van der Waals surface area contributed by atoms with E-state index in [1.807, 2.05) is 17.6 Å². The van der Waals surface area contributed by atoms with Crippen molar-refractivity contribution in [3.05, 3.63) is 71.4 Å². The molecule has 220 valence electrons. The van der Waals surface area contributed by atoms with Gasteiger partial charge in [0.2, 0.25) is 0 Å². The SMILES string of the molecule is Cc1ccc2c(c1)-c1cccc(c1)-c1cc3c(c(CC(=O)O)c(C)cn3n1)N1CCC(C)(CC1)OCCCCCCO2. The Morgan fingerprint density at radius 3 is 2.52 bits per heavy atom. The molecule has 0 atom stereocenters. The predicted octanol–water partition coefficient (Wildman–Crippen LogP) is 7.24. The largest absolute Gasteiger partial charge is 0.493 e. The van der Waals surface area contributed by atoms with Crippen LogP contribution in [0.3, 0.4) is 0 Å². The number of pyridine rings is 1. The zero-order valence-corrected chi connectivity index (χ0v) is 25.0. The van der Waals surface area contributed by atoms with Crippen molar-refractivity contribution >= 4 is 17.2 Å².